The number of aromatic nitrogens is 5. The number of nitrogen functional groups attached to an aromatic ring is 1. The fraction of sp³-hybridized carbons (Fsp3) is 0.125. The summed E-state index contributed by atoms with van der Waals surface area (Å²) in [5.74, 6) is 0.346. The molecule has 0 saturated carbocycles. The van der Waals surface area contributed by atoms with E-state index in [-0.39, 0.29) is 11.1 Å². The minimum Gasteiger partial charge on any atom is -0.394 e. The van der Waals surface area contributed by atoms with Crippen LogP contribution in [-0.4, -0.2) is 24.7 Å². The second-order valence-corrected chi connectivity index (χ2v) is 3.28. The fourth-order valence-electron chi connectivity index (χ4n) is 1.12. The summed E-state index contributed by atoms with van der Waals surface area (Å²) in [6, 6.07) is 1.81. The third-order valence-corrected chi connectivity index (χ3v) is 2.07. The Hall–Kier alpha value is -2.20. The molecule has 0 fully saturated rings. The van der Waals surface area contributed by atoms with E-state index in [1.54, 1.807) is 13.0 Å². The van der Waals surface area contributed by atoms with Crippen LogP contribution in [0, 0.1) is 18.3 Å². The van der Waals surface area contributed by atoms with Gasteiger partial charge < -0.3 is 5.73 Å². The summed E-state index contributed by atoms with van der Waals surface area (Å²) < 4.78 is 1.29. The second kappa shape index (κ2) is 3.75. The predicted molar refractivity (Wildman–Crippen MR) is 55.8 cm³/mol. The Bertz CT molecular complexity index is 583. The molecule has 0 unspecified atom stereocenters. The van der Waals surface area contributed by atoms with E-state index in [4.69, 9.17) is 22.6 Å². The summed E-state index contributed by atoms with van der Waals surface area (Å²) in [6.45, 7) is 1.70. The third-order valence-electron chi connectivity index (χ3n) is 1.90. The van der Waals surface area contributed by atoms with Crippen molar-refractivity contribution in [3.05, 3.63) is 23.1 Å². The topological polar surface area (TPSA) is 106 Å². The van der Waals surface area contributed by atoms with Crippen LogP contribution >= 0.6 is 11.6 Å². The summed E-state index contributed by atoms with van der Waals surface area (Å²) in [5.41, 5.74) is 6.67. The SMILES string of the molecule is Cc1nc(Cl)nc(-n2cnc(C#N)n2)c1N. The van der Waals surface area contributed by atoms with Gasteiger partial charge in [0.15, 0.2) is 5.82 Å². The molecular formula is C8H6ClN7. The molecule has 2 N–H and O–H groups in total. The summed E-state index contributed by atoms with van der Waals surface area (Å²) in [6.07, 6.45) is 1.34. The van der Waals surface area contributed by atoms with E-state index < -0.39 is 0 Å². The minimum atomic E-state index is 0.0341. The van der Waals surface area contributed by atoms with E-state index in [2.05, 4.69) is 20.1 Å². The standard InChI is InChI=1S/C8H6ClN7/c1-4-6(11)7(14-8(9)13-4)16-3-12-5(2-10)15-16/h3H,11H2,1H3. The number of aryl methyl sites for hydroxylation is 1. The lowest BCUT2D eigenvalue weighted by Crippen LogP contribution is -2.07. The Balaban J connectivity index is 2.60. The molecule has 0 aliphatic rings. The van der Waals surface area contributed by atoms with Gasteiger partial charge >= 0.3 is 0 Å². The first-order valence-electron chi connectivity index (χ1n) is 4.23. The van der Waals surface area contributed by atoms with Crippen molar-refractivity contribution in [1.82, 2.24) is 24.7 Å². The molecule has 80 valence electrons. The van der Waals surface area contributed by atoms with Gasteiger partial charge in [-0.25, -0.2) is 9.97 Å². The summed E-state index contributed by atoms with van der Waals surface area (Å²) in [7, 11) is 0. The molecule has 7 nitrogen and oxygen atoms in total. The zero-order chi connectivity index (χ0) is 11.7. The lowest BCUT2D eigenvalue weighted by molar-refractivity contribution is 0.833. The lowest BCUT2D eigenvalue weighted by Gasteiger charge is -2.05. The molecule has 0 aromatic carbocycles. The average Bonchev–Trinajstić information content (AvgIpc) is 2.71. The van der Waals surface area contributed by atoms with Crippen LogP contribution in [0.3, 0.4) is 0 Å². The first-order chi connectivity index (χ1) is 7.61. The number of nitriles is 1. The molecule has 0 bridgehead atoms. The zero-order valence-electron chi connectivity index (χ0n) is 8.22. The van der Waals surface area contributed by atoms with Crippen LogP contribution in [0.4, 0.5) is 5.69 Å². The maximum Gasteiger partial charge on any atom is 0.252 e. The molecule has 2 aromatic heterocycles. The van der Waals surface area contributed by atoms with E-state index in [0.717, 1.165) is 0 Å². The maximum atomic E-state index is 8.60. The van der Waals surface area contributed by atoms with Gasteiger partial charge in [0, 0.05) is 0 Å². The molecule has 0 atom stereocenters. The monoisotopic (exact) mass is 235 g/mol. The van der Waals surface area contributed by atoms with Crippen LogP contribution in [-0.2, 0) is 0 Å². The van der Waals surface area contributed by atoms with Gasteiger partial charge in [-0.15, -0.1) is 5.10 Å². The molecule has 16 heavy (non-hydrogen) atoms. The first-order valence-corrected chi connectivity index (χ1v) is 4.61. The van der Waals surface area contributed by atoms with Crippen molar-refractivity contribution in [3.8, 4) is 11.9 Å². The molecule has 2 rings (SSSR count). The zero-order valence-corrected chi connectivity index (χ0v) is 8.97. The van der Waals surface area contributed by atoms with Crippen LogP contribution in [0.5, 0.6) is 0 Å². The van der Waals surface area contributed by atoms with Crippen molar-refractivity contribution < 1.29 is 0 Å². The number of rotatable bonds is 1. The predicted octanol–water partition coefficient (Wildman–Crippen LogP) is 0.473. The van der Waals surface area contributed by atoms with Crippen LogP contribution in [0.1, 0.15) is 11.5 Å². The molecule has 0 amide bonds. The van der Waals surface area contributed by atoms with E-state index in [0.29, 0.717) is 17.2 Å². The number of nitrogens with two attached hydrogens (primary N) is 1. The molecule has 2 heterocycles. The van der Waals surface area contributed by atoms with Crippen molar-refractivity contribution in [2.75, 3.05) is 5.73 Å². The van der Waals surface area contributed by atoms with Crippen molar-refractivity contribution in [1.29, 1.82) is 5.26 Å². The number of anilines is 1. The molecule has 0 aliphatic heterocycles. The smallest absolute Gasteiger partial charge is 0.252 e. The summed E-state index contributed by atoms with van der Waals surface area (Å²) in [4.78, 5) is 11.6. The third kappa shape index (κ3) is 1.66. The molecule has 8 heteroatoms. The number of nitrogens with zero attached hydrogens (tertiary/aromatic N) is 6. The number of halogens is 1. The largest absolute Gasteiger partial charge is 0.394 e. The van der Waals surface area contributed by atoms with E-state index in [9.17, 15) is 0 Å². The van der Waals surface area contributed by atoms with Crippen molar-refractivity contribution in [2.24, 2.45) is 0 Å². The van der Waals surface area contributed by atoms with Gasteiger partial charge in [0.25, 0.3) is 5.82 Å². The Morgan fingerprint density at radius 2 is 2.25 bits per heavy atom. The Morgan fingerprint density at radius 1 is 1.50 bits per heavy atom. The molecule has 0 aliphatic carbocycles. The van der Waals surface area contributed by atoms with Crippen LogP contribution in [0.2, 0.25) is 5.28 Å². The first kappa shape index (κ1) is 10.3. The van der Waals surface area contributed by atoms with E-state index >= 15 is 0 Å². The molecule has 0 radical (unpaired) electrons. The second-order valence-electron chi connectivity index (χ2n) is 2.94. The highest BCUT2D eigenvalue weighted by molar-refractivity contribution is 6.28. The van der Waals surface area contributed by atoms with Gasteiger partial charge in [-0.05, 0) is 18.5 Å². The van der Waals surface area contributed by atoms with Gasteiger partial charge in [0.05, 0.1) is 11.4 Å². The normalized spacial score (nSPS) is 10.1. The van der Waals surface area contributed by atoms with Crippen LogP contribution in [0.15, 0.2) is 6.33 Å². The summed E-state index contributed by atoms with van der Waals surface area (Å²) >= 11 is 5.71. The van der Waals surface area contributed by atoms with Crippen molar-refractivity contribution in [2.45, 2.75) is 6.92 Å². The van der Waals surface area contributed by atoms with Gasteiger partial charge in [-0.3, -0.25) is 0 Å². The molecule has 2 aromatic rings. The molecular weight excluding hydrogens is 230 g/mol. The number of hydrogen-bond donors (Lipinski definition) is 1. The highest BCUT2D eigenvalue weighted by Gasteiger charge is 2.11. The number of hydrogen-bond acceptors (Lipinski definition) is 6. The van der Waals surface area contributed by atoms with Crippen molar-refractivity contribution >= 4 is 17.3 Å². The Morgan fingerprint density at radius 3 is 2.88 bits per heavy atom. The van der Waals surface area contributed by atoms with E-state index in [1.807, 2.05) is 0 Å². The van der Waals surface area contributed by atoms with Gasteiger partial charge in [-0.1, -0.05) is 0 Å². The molecule has 0 spiro atoms. The average molecular weight is 236 g/mol. The lowest BCUT2D eigenvalue weighted by atomic mass is 10.3. The maximum absolute atomic E-state index is 8.60. The Kier molecular flexibility index (Phi) is 2.42. The van der Waals surface area contributed by atoms with Crippen LogP contribution < -0.4 is 5.73 Å². The minimum absolute atomic E-state index is 0.0341. The van der Waals surface area contributed by atoms with Gasteiger partial charge in [0.2, 0.25) is 5.28 Å². The fourth-order valence-corrected chi connectivity index (χ4v) is 1.33. The van der Waals surface area contributed by atoms with Gasteiger partial charge in [-0.2, -0.15) is 14.9 Å². The highest BCUT2D eigenvalue weighted by Crippen LogP contribution is 2.18. The molecule has 0 saturated heterocycles. The van der Waals surface area contributed by atoms with Crippen molar-refractivity contribution in [3.63, 3.8) is 0 Å². The quantitative estimate of drug-likeness (QED) is 0.720. The van der Waals surface area contributed by atoms with E-state index in [1.165, 1.54) is 11.0 Å². The highest BCUT2D eigenvalue weighted by atomic mass is 35.5. The van der Waals surface area contributed by atoms with Crippen LogP contribution in [0.25, 0.3) is 5.82 Å². The van der Waals surface area contributed by atoms with Gasteiger partial charge in [0.1, 0.15) is 12.4 Å². The Labute approximate surface area is 95.5 Å². The summed E-state index contributed by atoms with van der Waals surface area (Å²) in [5, 5.41) is 12.5.